The fourth-order valence-corrected chi connectivity index (χ4v) is 3.59. The molecule has 0 aliphatic carbocycles. The lowest BCUT2D eigenvalue weighted by atomic mass is 9.79. The third-order valence-electron chi connectivity index (χ3n) is 3.91. The summed E-state index contributed by atoms with van der Waals surface area (Å²) in [7, 11) is 0. The first kappa shape index (κ1) is 15.1. The van der Waals surface area contributed by atoms with Crippen molar-refractivity contribution >= 4 is 5.91 Å². The van der Waals surface area contributed by atoms with Crippen molar-refractivity contribution in [2.45, 2.75) is 71.5 Å². The van der Waals surface area contributed by atoms with Gasteiger partial charge in [-0.2, -0.15) is 0 Å². The molecule has 0 saturated carbocycles. The zero-order valence-corrected chi connectivity index (χ0v) is 13.4. The molecule has 1 aliphatic rings. The second kappa shape index (κ2) is 4.92. The molecule has 1 fully saturated rings. The maximum Gasteiger partial charge on any atom is 0.255 e. The summed E-state index contributed by atoms with van der Waals surface area (Å²) in [6.45, 7) is 12.5. The second-order valence-electron chi connectivity index (χ2n) is 7.32. The predicted octanol–water partition coefficient (Wildman–Crippen LogP) is 2.94. The number of furan rings is 1. The Balaban J connectivity index is 2.12. The van der Waals surface area contributed by atoms with E-state index in [-0.39, 0.29) is 23.0 Å². The zero-order chi connectivity index (χ0) is 15.1. The van der Waals surface area contributed by atoms with Crippen LogP contribution in [-0.4, -0.2) is 23.0 Å². The van der Waals surface area contributed by atoms with Gasteiger partial charge in [0.15, 0.2) is 0 Å². The third kappa shape index (κ3) is 3.23. The second-order valence-corrected chi connectivity index (χ2v) is 7.32. The Morgan fingerprint density at radius 3 is 2.25 bits per heavy atom. The van der Waals surface area contributed by atoms with E-state index in [9.17, 15) is 4.79 Å². The van der Waals surface area contributed by atoms with Gasteiger partial charge >= 0.3 is 0 Å². The van der Waals surface area contributed by atoms with Crippen molar-refractivity contribution in [3.63, 3.8) is 0 Å². The summed E-state index contributed by atoms with van der Waals surface area (Å²) in [5.41, 5.74) is 1.63. The molecule has 112 valence electrons. The fourth-order valence-electron chi connectivity index (χ4n) is 3.59. The van der Waals surface area contributed by atoms with Crippen LogP contribution in [0.1, 0.15) is 62.2 Å². The molecule has 4 nitrogen and oxygen atoms in total. The van der Waals surface area contributed by atoms with Gasteiger partial charge in [-0.3, -0.25) is 4.79 Å². The van der Waals surface area contributed by atoms with E-state index < -0.39 is 0 Å². The Labute approximate surface area is 121 Å². The highest BCUT2D eigenvalue weighted by Crippen LogP contribution is 2.29. The van der Waals surface area contributed by atoms with Gasteiger partial charge in [0.2, 0.25) is 0 Å². The van der Waals surface area contributed by atoms with Gasteiger partial charge in [0, 0.05) is 22.7 Å². The number of hydrogen-bond acceptors (Lipinski definition) is 3. The number of amides is 1. The Bertz CT molecular complexity index is 479. The van der Waals surface area contributed by atoms with Crippen molar-refractivity contribution < 1.29 is 9.21 Å². The van der Waals surface area contributed by atoms with Crippen LogP contribution in [0.5, 0.6) is 0 Å². The van der Waals surface area contributed by atoms with Gasteiger partial charge in [0.25, 0.3) is 5.91 Å². The van der Waals surface area contributed by atoms with E-state index >= 15 is 0 Å². The lowest BCUT2D eigenvalue weighted by Gasteiger charge is -2.46. The lowest BCUT2D eigenvalue weighted by Crippen LogP contribution is -2.62. The molecule has 20 heavy (non-hydrogen) atoms. The van der Waals surface area contributed by atoms with E-state index in [1.165, 1.54) is 0 Å². The van der Waals surface area contributed by atoms with Crippen LogP contribution in [0.4, 0.5) is 0 Å². The van der Waals surface area contributed by atoms with Crippen molar-refractivity contribution in [1.82, 2.24) is 10.6 Å². The largest absolute Gasteiger partial charge is 0.469 e. The molecule has 4 heteroatoms. The standard InChI is InChI=1S/C16H26N2O2/c1-10-9-20-11(2)13(10)14(19)17-12-7-15(3,4)18-16(5,6)8-12/h9,12,18H,7-8H2,1-6H3,(H,17,19). The first-order valence-corrected chi connectivity index (χ1v) is 7.24. The molecule has 2 rings (SSSR count). The summed E-state index contributed by atoms with van der Waals surface area (Å²) in [5.74, 6) is 0.666. The van der Waals surface area contributed by atoms with Crippen molar-refractivity contribution in [3.05, 3.63) is 23.2 Å². The molecule has 1 aliphatic heterocycles. The first-order chi connectivity index (χ1) is 9.10. The van der Waals surface area contributed by atoms with Crippen LogP contribution in [0.3, 0.4) is 0 Å². The lowest BCUT2D eigenvalue weighted by molar-refractivity contribution is 0.0871. The Hall–Kier alpha value is -1.29. The molecule has 1 aromatic rings. The van der Waals surface area contributed by atoms with Crippen LogP contribution in [0.25, 0.3) is 0 Å². The molecular formula is C16H26N2O2. The summed E-state index contributed by atoms with van der Waals surface area (Å²) < 4.78 is 5.31. The maximum absolute atomic E-state index is 12.4. The quantitative estimate of drug-likeness (QED) is 0.874. The zero-order valence-electron chi connectivity index (χ0n) is 13.4. The van der Waals surface area contributed by atoms with Crippen LogP contribution < -0.4 is 10.6 Å². The van der Waals surface area contributed by atoms with Gasteiger partial charge in [-0.25, -0.2) is 0 Å². The van der Waals surface area contributed by atoms with Gasteiger partial charge < -0.3 is 15.1 Å². The Morgan fingerprint density at radius 2 is 1.80 bits per heavy atom. The predicted molar refractivity (Wildman–Crippen MR) is 80.0 cm³/mol. The molecule has 1 saturated heterocycles. The van der Waals surface area contributed by atoms with E-state index in [0.29, 0.717) is 11.3 Å². The van der Waals surface area contributed by atoms with E-state index in [1.54, 1.807) is 6.26 Å². The Kier molecular flexibility index (Phi) is 3.71. The number of hydrogen-bond donors (Lipinski definition) is 2. The van der Waals surface area contributed by atoms with Gasteiger partial charge in [-0.15, -0.1) is 0 Å². The van der Waals surface area contributed by atoms with Crippen LogP contribution >= 0.6 is 0 Å². The first-order valence-electron chi connectivity index (χ1n) is 7.24. The number of nitrogens with one attached hydrogen (secondary N) is 2. The Morgan fingerprint density at radius 1 is 1.25 bits per heavy atom. The van der Waals surface area contributed by atoms with Crippen molar-refractivity contribution in [2.24, 2.45) is 0 Å². The number of piperidine rings is 1. The smallest absolute Gasteiger partial charge is 0.255 e. The minimum atomic E-state index is -0.0211. The molecule has 2 heterocycles. The van der Waals surface area contributed by atoms with Crippen molar-refractivity contribution in [2.75, 3.05) is 0 Å². The minimum absolute atomic E-state index is 0.0211. The van der Waals surface area contributed by atoms with Gasteiger partial charge in [0.1, 0.15) is 5.76 Å². The molecule has 1 amide bonds. The fraction of sp³-hybridized carbons (Fsp3) is 0.688. The summed E-state index contributed by atoms with van der Waals surface area (Å²) in [6, 6.07) is 0.183. The molecule has 0 bridgehead atoms. The van der Waals surface area contributed by atoms with Gasteiger partial charge in [-0.1, -0.05) is 0 Å². The topological polar surface area (TPSA) is 54.3 Å². The maximum atomic E-state index is 12.4. The molecule has 0 aromatic carbocycles. The SMILES string of the molecule is Cc1coc(C)c1C(=O)NC1CC(C)(C)NC(C)(C)C1. The molecule has 0 atom stereocenters. The summed E-state index contributed by atoms with van der Waals surface area (Å²) >= 11 is 0. The van der Waals surface area contributed by atoms with Crippen LogP contribution in [-0.2, 0) is 0 Å². The van der Waals surface area contributed by atoms with E-state index in [1.807, 2.05) is 13.8 Å². The molecule has 0 unspecified atom stereocenters. The summed E-state index contributed by atoms with van der Waals surface area (Å²) in [6.07, 6.45) is 3.50. The third-order valence-corrected chi connectivity index (χ3v) is 3.91. The average Bonchev–Trinajstić information content (AvgIpc) is 2.53. The molecule has 0 radical (unpaired) electrons. The van der Waals surface area contributed by atoms with Crippen molar-refractivity contribution in [1.29, 1.82) is 0 Å². The number of rotatable bonds is 2. The normalized spacial score (nSPS) is 21.7. The summed E-state index contributed by atoms with van der Waals surface area (Å²) in [4.78, 5) is 12.4. The average molecular weight is 278 g/mol. The number of carbonyl (C=O) groups is 1. The van der Waals surface area contributed by atoms with Gasteiger partial charge in [-0.05, 0) is 54.4 Å². The monoisotopic (exact) mass is 278 g/mol. The van der Waals surface area contributed by atoms with E-state index in [4.69, 9.17) is 4.42 Å². The van der Waals surface area contributed by atoms with Crippen LogP contribution in [0.15, 0.2) is 10.7 Å². The highest BCUT2D eigenvalue weighted by Gasteiger charge is 2.38. The molecule has 2 N–H and O–H groups in total. The van der Waals surface area contributed by atoms with E-state index in [0.717, 1.165) is 18.4 Å². The molecular weight excluding hydrogens is 252 g/mol. The van der Waals surface area contributed by atoms with Gasteiger partial charge in [0.05, 0.1) is 11.8 Å². The molecule has 1 aromatic heterocycles. The highest BCUT2D eigenvalue weighted by molar-refractivity contribution is 5.96. The van der Waals surface area contributed by atoms with Crippen LogP contribution in [0, 0.1) is 13.8 Å². The number of carbonyl (C=O) groups excluding carboxylic acids is 1. The number of aryl methyl sites for hydroxylation is 2. The summed E-state index contributed by atoms with van der Waals surface area (Å²) in [5, 5.41) is 6.80. The highest BCUT2D eigenvalue weighted by atomic mass is 16.3. The van der Waals surface area contributed by atoms with Crippen molar-refractivity contribution in [3.8, 4) is 0 Å². The van der Waals surface area contributed by atoms with E-state index in [2.05, 4.69) is 38.3 Å². The molecule has 0 spiro atoms. The van der Waals surface area contributed by atoms with Crippen LogP contribution in [0.2, 0.25) is 0 Å². The minimum Gasteiger partial charge on any atom is -0.469 e.